The molecule has 1 rings (SSSR count). The van der Waals surface area contributed by atoms with Crippen LogP contribution in [0.15, 0.2) is 12.3 Å². The Balaban J connectivity index is 2.85. The molecule has 3 N–H and O–H groups in total. The number of hydrogen-bond donors (Lipinski definition) is 2. The van der Waals surface area contributed by atoms with Gasteiger partial charge < -0.3 is 15.8 Å². The minimum Gasteiger partial charge on any atom is -0.385 e. The van der Waals surface area contributed by atoms with Crippen LogP contribution in [0.1, 0.15) is 18.0 Å². The molecule has 0 saturated heterocycles. The van der Waals surface area contributed by atoms with E-state index >= 15 is 0 Å². The van der Waals surface area contributed by atoms with Crippen LogP contribution in [-0.4, -0.2) is 25.7 Å². The third-order valence-electron chi connectivity index (χ3n) is 2.25. The normalized spacial score (nSPS) is 12.7. The van der Waals surface area contributed by atoms with E-state index in [4.69, 9.17) is 22.1 Å². The number of nitrogens with one attached hydrogen (secondary N) is 1. The van der Waals surface area contributed by atoms with Gasteiger partial charge in [-0.05, 0) is 19.5 Å². The van der Waals surface area contributed by atoms with E-state index in [2.05, 4.69) is 10.3 Å². The summed E-state index contributed by atoms with van der Waals surface area (Å²) < 4.78 is 5.03. The summed E-state index contributed by atoms with van der Waals surface area (Å²) in [4.78, 5) is 4.02. The summed E-state index contributed by atoms with van der Waals surface area (Å²) in [5.74, 6) is 0.509. The van der Waals surface area contributed by atoms with Crippen molar-refractivity contribution in [3.63, 3.8) is 0 Å². The average molecular weight is 230 g/mol. The molecule has 0 amide bonds. The van der Waals surface area contributed by atoms with Gasteiger partial charge in [-0.15, -0.1) is 0 Å². The van der Waals surface area contributed by atoms with E-state index < -0.39 is 0 Å². The molecule has 4 nitrogen and oxygen atoms in total. The van der Waals surface area contributed by atoms with Gasteiger partial charge in [-0.3, -0.25) is 0 Å². The molecular weight excluding hydrogens is 214 g/mol. The number of halogens is 1. The van der Waals surface area contributed by atoms with E-state index in [0.717, 1.165) is 12.0 Å². The van der Waals surface area contributed by atoms with Gasteiger partial charge in [0.2, 0.25) is 0 Å². The monoisotopic (exact) mass is 229 g/mol. The number of anilines is 1. The highest BCUT2D eigenvalue weighted by molar-refractivity contribution is 6.30. The van der Waals surface area contributed by atoms with Crippen LogP contribution in [0.25, 0.3) is 0 Å². The molecule has 84 valence electrons. The van der Waals surface area contributed by atoms with Crippen LogP contribution in [0.3, 0.4) is 0 Å². The molecule has 1 heterocycles. The fourth-order valence-corrected chi connectivity index (χ4v) is 1.60. The highest BCUT2D eigenvalue weighted by Gasteiger charge is 2.13. The van der Waals surface area contributed by atoms with Gasteiger partial charge in [0, 0.05) is 31.5 Å². The third kappa shape index (κ3) is 3.34. The minimum atomic E-state index is 0.121. The Bertz CT molecular complexity index is 320. The molecule has 1 aromatic heterocycles. The second-order valence-corrected chi connectivity index (χ2v) is 3.69. The van der Waals surface area contributed by atoms with Gasteiger partial charge in [-0.1, -0.05) is 11.6 Å². The summed E-state index contributed by atoms with van der Waals surface area (Å²) >= 11 is 5.87. The molecule has 0 aliphatic rings. The first-order valence-corrected chi connectivity index (χ1v) is 5.14. The van der Waals surface area contributed by atoms with Gasteiger partial charge in [0.15, 0.2) is 0 Å². The lowest BCUT2D eigenvalue weighted by molar-refractivity contribution is 0.184. The maximum Gasteiger partial charge on any atom is 0.128 e. The second-order valence-electron chi connectivity index (χ2n) is 3.25. The van der Waals surface area contributed by atoms with Gasteiger partial charge in [-0.25, -0.2) is 4.98 Å². The SMILES string of the molecule is CNC(CCOC)c1cc(Cl)cnc1N. The summed E-state index contributed by atoms with van der Waals surface area (Å²) in [6, 6.07) is 1.96. The van der Waals surface area contributed by atoms with Gasteiger partial charge in [0.25, 0.3) is 0 Å². The summed E-state index contributed by atoms with van der Waals surface area (Å²) in [5, 5.41) is 3.76. The molecule has 1 aromatic rings. The summed E-state index contributed by atoms with van der Waals surface area (Å²) in [6.07, 6.45) is 2.38. The minimum absolute atomic E-state index is 0.121. The highest BCUT2D eigenvalue weighted by Crippen LogP contribution is 2.24. The van der Waals surface area contributed by atoms with Crippen LogP contribution < -0.4 is 11.1 Å². The highest BCUT2D eigenvalue weighted by atomic mass is 35.5. The van der Waals surface area contributed by atoms with Gasteiger partial charge in [0.1, 0.15) is 5.82 Å². The number of hydrogen-bond acceptors (Lipinski definition) is 4. The summed E-state index contributed by atoms with van der Waals surface area (Å²) in [6.45, 7) is 0.664. The Morgan fingerprint density at radius 1 is 1.67 bits per heavy atom. The summed E-state index contributed by atoms with van der Waals surface area (Å²) in [7, 11) is 3.55. The van der Waals surface area contributed by atoms with Crippen molar-refractivity contribution in [2.24, 2.45) is 0 Å². The molecule has 0 spiro atoms. The number of nitrogens with two attached hydrogens (primary N) is 1. The van der Waals surface area contributed by atoms with Crippen molar-refractivity contribution in [1.82, 2.24) is 10.3 Å². The molecule has 0 bridgehead atoms. The molecule has 1 atom stereocenters. The molecular formula is C10H16ClN3O. The van der Waals surface area contributed by atoms with Crippen LogP contribution in [0.4, 0.5) is 5.82 Å². The quantitative estimate of drug-likeness (QED) is 0.806. The molecule has 0 fully saturated rings. The largest absolute Gasteiger partial charge is 0.385 e. The van der Waals surface area contributed by atoms with Crippen LogP contribution >= 0.6 is 11.6 Å². The zero-order valence-corrected chi connectivity index (χ0v) is 9.71. The van der Waals surface area contributed by atoms with Crippen molar-refractivity contribution in [2.45, 2.75) is 12.5 Å². The lowest BCUT2D eigenvalue weighted by Crippen LogP contribution is -2.19. The molecule has 1 unspecified atom stereocenters. The van der Waals surface area contributed by atoms with Crippen LogP contribution in [-0.2, 0) is 4.74 Å². The lowest BCUT2D eigenvalue weighted by Gasteiger charge is -2.17. The van der Waals surface area contributed by atoms with Crippen molar-refractivity contribution < 1.29 is 4.74 Å². The van der Waals surface area contributed by atoms with Crippen molar-refractivity contribution in [1.29, 1.82) is 0 Å². The van der Waals surface area contributed by atoms with E-state index in [9.17, 15) is 0 Å². The van der Waals surface area contributed by atoms with Crippen molar-refractivity contribution >= 4 is 17.4 Å². The molecule has 0 aliphatic carbocycles. The van der Waals surface area contributed by atoms with E-state index in [0.29, 0.717) is 17.4 Å². The number of nitrogen functional groups attached to an aromatic ring is 1. The van der Waals surface area contributed by atoms with Crippen molar-refractivity contribution in [3.05, 3.63) is 22.8 Å². The van der Waals surface area contributed by atoms with E-state index in [-0.39, 0.29) is 6.04 Å². The molecule has 0 saturated carbocycles. The van der Waals surface area contributed by atoms with Crippen LogP contribution in [0.5, 0.6) is 0 Å². The van der Waals surface area contributed by atoms with E-state index in [1.165, 1.54) is 0 Å². The predicted octanol–water partition coefficient (Wildman–Crippen LogP) is 1.61. The number of ether oxygens (including phenoxy) is 1. The maximum absolute atomic E-state index is 5.87. The van der Waals surface area contributed by atoms with Crippen LogP contribution in [0, 0.1) is 0 Å². The number of nitrogens with zero attached hydrogens (tertiary/aromatic N) is 1. The molecule has 0 aliphatic heterocycles. The first-order chi connectivity index (χ1) is 7.19. The Hall–Kier alpha value is -0.840. The number of methoxy groups -OCH3 is 1. The zero-order chi connectivity index (χ0) is 11.3. The third-order valence-corrected chi connectivity index (χ3v) is 2.46. The number of rotatable bonds is 5. The van der Waals surface area contributed by atoms with Crippen molar-refractivity contribution in [3.8, 4) is 0 Å². The Labute approximate surface area is 94.8 Å². The Kier molecular flexibility index (Phi) is 4.81. The standard InChI is InChI=1S/C10H16ClN3O/c1-13-9(3-4-15-2)8-5-7(11)6-14-10(8)12/h5-6,9,13H,3-4H2,1-2H3,(H2,12,14). The second kappa shape index (κ2) is 5.90. The molecule has 0 aromatic carbocycles. The van der Waals surface area contributed by atoms with E-state index in [1.807, 2.05) is 13.1 Å². The zero-order valence-electron chi connectivity index (χ0n) is 8.96. The number of aromatic nitrogens is 1. The molecule has 5 heteroatoms. The fraction of sp³-hybridized carbons (Fsp3) is 0.500. The molecule has 0 radical (unpaired) electrons. The fourth-order valence-electron chi connectivity index (χ4n) is 1.44. The van der Waals surface area contributed by atoms with E-state index in [1.54, 1.807) is 13.3 Å². The smallest absolute Gasteiger partial charge is 0.128 e. The van der Waals surface area contributed by atoms with Gasteiger partial charge >= 0.3 is 0 Å². The van der Waals surface area contributed by atoms with Crippen LogP contribution in [0.2, 0.25) is 5.02 Å². The first kappa shape index (κ1) is 12.2. The maximum atomic E-state index is 5.87. The van der Waals surface area contributed by atoms with Crippen molar-refractivity contribution in [2.75, 3.05) is 26.5 Å². The Morgan fingerprint density at radius 3 is 3.00 bits per heavy atom. The summed E-state index contributed by atoms with van der Waals surface area (Å²) in [5.41, 5.74) is 6.71. The number of pyridine rings is 1. The van der Waals surface area contributed by atoms with Gasteiger partial charge in [0.05, 0.1) is 5.02 Å². The van der Waals surface area contributed by atoms with Gasteiger partial charge in [-0.2, -0.15) is 0 Å². The molecule has 15 heavy (non-hydrogen) atoms. The first-order valence-electron chi connectivity index (χ1n) is 4.76. The lowest BCUT2D eigenvalue weighted by atomic mass is 10.1. The average Bonchev–Trinajstić information content (AvgIpc) is 2.24. The Morgan fingerprint density at radius 2 is 2.40 bits per heavy atom. The topological polar surface area (TPSA) is 60.2 Å². The predicted molar refractivity (Wildman–Crippen MR) is 62.0 cm³/mol.